The van der Waals surface area contributed by atoms with Gasteiger partial charge in [-0.1, -0.05) is 0 Å². The molecule has 1 aliphatic heterocycles. The highest BCUT2D eigenvalue weighted by Crippen LogP contribution is 2.14. The van der Waals surface area contributed by atoms with E-state index in [1.165, 1.54) is 6.92 Å². The van der Waals surface area contributed by atoms with E-state index in [9.17, 15) is 9.59 Å². The average Bonchev–Trinajstić information content (AvgIpc) is 2.95. The molecule has 1 fully saturated rings. The fourth-order valence-corrected chi connectivity index (χ4v) is 2.29. The van der Waals surface area contributed by atoms with Crippen molar-refractivity contribution in [3.8, 4) is 0 Å². The molecule has 1 aromatic rings. The molecule has 6 heteroatoms. The van der Waals surface area contributed by atoms with Gasteiger partial charge in [0.2, 0.25) is 0 Å². The van der Waals surface area contributed by atoms with E-state index < -0.39 is 0 Å². The maximum Gasteiger partial charge on any atom is 0.270 e. The second-order valence-corrected chi connectivity index (χ2v) is 4.84. The smallest absolute Gasteiger partial charge is 0.270 e. The van der Waals surface area contributed by atoms with Crippen LogP contribution in [0.15, 0.2) is 12.3 Å². The van der Waals surface area contributed by atoms with Gasteiger partial charge in [-0.05, 0) is 26.0 Å². The summed E-state index contributed by atoms with van der Waals surface area (Å²) in [6.07, 6.45) is 2.68. The van der Waals surface area contributed by atoms with E-state index in [0.717, 1.165) is 19.5 Å². The van der Waals surface area contributed by atoms with Crippen LogP contribution < -0.4 is 5.32 Å². The van der Waals surface area contributed by atoms with Crippen LogP contribution in [-0.2, 0) is 7.05 Å². The van der Waals surface area contributed by atoms with Gasteiger partial charge in [0.15, 0.2) is 5.78 Å². The zero-order valence-electron chi connectivity index (χ0n) is 11.5. The molecule has 0 aliphatic carbocycles. The van der Waals surface area contributed by atoms with Crippen molar-refractivity contribution in [1.29, 1.82) is 0 Å². The molecule has 0 radical (unpaired) electrons. The highest BCUT2D eigenvalue weighted by molar-refractivity contribution is 5.99. The topological polar surface area (TPSA) is 54.3 Å². The Hall–Kier alpha value is -1.33. The van der Waals surface area contributed by atoms with Crippen LogP contribution in [0.1, 0.15) is 34.2 Å². The zero-order chi connectivity index (χ0) is 13.3. The summed E-state index contributed by atoms with van der Waals surface area (Å²) < 4.78 is 1.72. The van der Waals surface area contributed by atoms with Crippen molar-refractivity contribution in [2.75, 3.05) is 20.1 Å². The molecule has 1 N–H and O–H groups in total. The first-order valence-electron chi connectivity index (χ1n) is 6.16. The third-order valence-electron chi connectivity index (χ3n) is 3.53. The summed E-state index contributed by atoms with van der Waals surface area (Å²) in [5.74, 6) is -0.0477. The lowest BCUT2D eigenvalue weighted by Gasteiger charge is -2.23. The van der Waals surface area contributed by atoms with Crippen molar-refractivity contribution in [1.82, 2.24) is 14.8 Å². The van der Waals surface area contributed by atoms with Crippen LogP contribution in [-0.4, -0.2) is 47.3 Å². The fourth-order valence-electron chi connectivity index (χ4n) is 2.29. The van der Waals surface area contributed by atoms with Gasteiger partial charge in [-0.2, -0.15) is 0 Å². The maximum absolute atomic E-state index is 12.4. The molecule has 0 aromatic carbocycles. The molecule has 1 saturated heterocycles. The number of nitrogens with one attached hydrogen (secondary N) is 1. The summed E-state index contributed by atoms with van der Waals surface area (Å²) >= 11 is 0. The molecule has 1 aromatic heterocycles. The van der Waals surface area contributed by atoms with Gasteiger partial charge in [-0.3, -0.25) is 9.59 Å². The van der Waals surface area contributed by atoms with E-state index in [4.69, 9.17) is 0 Å². The summed E-state index contributed by atoms with van der Waals surface area (Å²) in [7, 11) is 3.61. The Morgan fingerprint density at radius 2 is 2.16 bits per heavy atom. The number of halogens is 1. The quantitative estimate of drug-likeness (QED) is 0.846. The van der Waals surface area contributed by atoms with E-state index in [-0.39, 0.29) is 30.1 Å². The van der Waals surface area contributed by atoms with Crippen LogP contribution in [0.5, 0.6) is 0 Å². The number of carbonyl (C=O) groups is 2. The number of aromatic nitrogens is 1. The van der Waals surface area contributed by atoms with Crippen molar-refractivity contribution in [2.24, 2.45) is 7.05 Å². The maximum atomic E-state index is 12.4. The predicted molar refractivity (Wildman–Crippen MR) is 76.0 cm³/mol. The number of aryl methyl sites for hydroxylation is 1. The number of rotatable bonds is 3. The minimum absolute atomic E-state index is 0. The van der Waals surface area contributed by atoms with Gasteiger partial charge in [0.25, 0.3) is 5.91 Å². The van der Waals surface area contributed by atoms with Gasteiger partial charge in [0.1, 0.15) is 5.69 Å². The van der Waals surface area contributed by atoms with Crippen molar-refractivity contribution < 1.29 is 9.59 Å². The molecule has 2 heterocycles. The zero-order valence-corrected chi connectivity index (χ0v) is 12.3. The van der Waals surface area contributed by atoms with Crippen molar-refractivity contribution in [2.45, 2.75) is 19.4 Å². The molecule has 2 rings (SSSR count). The van der Waals surface area contributed by atoms with Gasteiger partial charge in [-0.25, -0.2) is 0 Å². The summed E-state index contributed by atoms with van der Waals surface area (Å²) in [4.78, 5) is 25.4. The van der Waals surface area contributed by atoms with Crippen LogP contribution in [0.2, 0.25) is 0 Å². The Labute approximate surface area is 119 Å². The van der Waals surface area contributed by atoms with Gasteiger partial charge < -0.3 is 14.8 Å². The molecular formula is C13H20ClN3O2. The minimum atomic E-state index is -0.0290. The predicted octanol–water partition coefficient (Wildman–Crippen LogP) is 1.08. The summed E-state index contributed by atoms with van der Waals surface area (Å²) in [6.45, 7) is 3.30. The molecule has 1 aliphatic rings. The molecule has 106 valence electrons. The molecular weight excluding hydrogens is 266 g/mol. The second-order valence-electron chi connectivity index (χ2n) is 4.84. The summed E-state index contributed by atoms with van der Waals surface area (Å²) in [6, 6.07) is 1.91. The third kappa shape index (κ3) is 3.16. The normalized spacial score (nSPS) is 17.9. The van der Waals surface area contributed by atoms with Crippen LogP contribution in [0.4, 0.5) is 0 Å². The van der Waals surface area contributed by atoms with Crippen molar-refractivity contribution in [3.63, 3.8) is 0 Å². The highest BCUT2D eigenvalue weighted by Gasteiger charge is 2.25. The van der Waals surface area contributed by atoms with Crippen LogP contribution in [0.25, 0.3) is 0 Å². The first-order chi connectivity index (χ1) is 8.50. The van der Waals surface area contributed by atoms with Crippen LogP contribution in [0, 0.1) is 0 Å². The molecule has 5 nitrogen and oxygen atoms in total. The first-order valence-corrected chi connectivity index (χ1v) is 6.16. The largest absolute Gasteiger partial charge is 0.346 e. The van der Waals surface area contributed by atoms with E-state index >= 15 is 0 Å². The number of Topliss-reactive ketones (excluding diaryl/α,β-unsaturated/α-hetero) is 1. The number of ketones is 1. The Balaban J connectivity index is 0.00000180. The van der Waals surface area contributed by atoms with Gasteiger partial charge in [0, 0.05) is 38.4 Å². The average molecular weight is 286 g/mol. The SMILES string of the molecule is CC(=O)c1cc(C(=O)N(C)C2CCNC2)n(C)c1.Cl. The van der Waals surface area contributed by atoms with Crippen LogP contribution in [0.3, 0.4) is 0 Å². The molecule has 0 saturated carbocycles. The standard InChI is InChI=1S/C13H19N3O2.ClH/c1-9(17)10-6-12(15(2)8-10)13(18)16(3)11-4-5-14-7-11;/h6,8,11,14H,4-5,7H2,1-3H3;1H. The number of hydrogen-bond acceptors (Lipinski definition) is 3. The summed E-state index contributed by atoms with van der Waals surface area (Å²) in [5, 5.41) is 3.24. The second kappa shape index (κ2) is 6.21. The Morgan fingerprint density at radius 1 is 1.47 bits per heavy atom. The number of hydrogen-bond donors (Lipinski definition) is 1. The van der Waals surface area contributed by atoms with Gasteiger partial charge in [0.05, 0.1) is 0 Å². The van der Waals surface area contributed by atoms with E-state index in [1.807, 2.05) is 7.05 Å². The number of carbonyl (C=O) groups excluding carboxylic acids is 2. The van der Waals surface area contributed by atoms with E-state index in [0.29, 0.717) is 11.3 Å². The number of nitrogens with zero attached hydrogens (tertiary/aromatic N) is 2. The lowest BCUT2D eigenvalue weighted by molar-refractivity contribution is 0.0734. The first kappa shape index (κ1) is 15.7. The third-order valence-corrected chi connectivity index (χ3v) is 3.53. The molecule has 1 atom stereocenters. The molecule has 0 spiro atoms. The Bertz CT molecular complexity index is 478. The summed E-state index contributed by atoms with van der Waals surface area (Å²) in [5.41, 5.74) is 1.15. The monoisotopic (exact) mass is 285 g/mol. The van der Waals surface area contributed by atoms with E-state index in [1.54, 1.807) is 28.8 Å². The highest BCUT2D eigenvalue weighted by atomic mass is 35.5. The Morgan fingerprint density at radius 3 is 2.63 bits per heavy atom. The number of amides is 1. The lowest BCUT2D eigenvalue weighted by atomic mass is 10.2. The minimum Gasteiger partial charge on any atom is -0.346 e. The lowest BCUT2D eigenvalue weighted by Crippen LogP contribution is -2.39. The van der Waals surface area contributed by atoms with Gasteiger partial charge >= 0.3 is 0 Å². The van der Waals surface area contributed by atoms with Crippen LogP contribution >= 0.6 is 12.4 Å². The van der Waals surface area contributed by atoms with Crippen molar-refractivity contribution in [3.05, 3.63) is 23.5 Å². The van der Waals surface area contributed by atoms with E-state index in [2.05, 4.69) is 5.32 Å². The number of likely N-dealkylation sites (N-methyl/N-ethyl adjacent to an activating group) is 1. The molecule has 19 heavy (non-hydrogen) atoms. The molecule has 1 amide bonds. The molecule has 1 unspecified atom stereocenters. The Kier molecular flexibility index (Phi) is 5.14. The van der Waals surface area contributed by atoms with Crippen molar-refractivity contribution >= 4 is 24.1 Å². The fraction of sp³-hybridized carbons (Fsp3) is 0.538. The molecule has 0 bridgehead atoms. The van der Waals surface area contributed by atoms with Gasteiger partial charge in [-0.15, -0.1) is 12.4 Å².